The normalized spacial score (nSPS) is 9.83. The number of rotatable bonds is 4. The predicted molar refractivity (Wildman–Crippen MR) is 55.8 cm³/mol. The second-order valence-electron chi connectivity index (χ2n) is 3.63. The third-order valence-electron chi connectivity index (χ3n) is 1.73. The van der Waals surface area contributed by atoms with E-state index in [1.54, 1.807) is 0 Å². The number of hydrogen-bond acceptors (Lipinski definition) is 1. The minimum Gasteiger partial charge on any atom is -0.350 e. The highest BCUT2D eigenvalue weighted by Crippen LogP contribution is 2.12. The van der Waals surface area contributed by atoms with Crippen LogP contribution in [0, 0.1) is 0 Å². The van der Waals surface area contributed by atoms with Gasteiger partial charge in [0.25, 0.3) is 0 Å². The summed E-state index contributed by atoms with van der Waals surface area (Å²) in [6, 6.07) is 0.507. The fourth-order valence-corrected chi connectivity index (χ4v) is 1.07. The second-order valence-corrected chi connectivity index (χ2v) is 3.63. The number of nitrogens with zero attached hydrogens (tertiary/aromatic N) is 1. The molecule has 0 atom stereocenters. The first-order valence-corrected chi connectivity index (χ1v) is 4.60. The summed E-state index contributed by atoms with van der Waals surface area (Å²) >= 11 is 0. The van der Waals surface area contributed by atoms with Crippen LogP contribution in [0.3, 0.4) is 0 Å². The van der Waals surface area contributed by atoms with Crippen molar-refractivity contribution in [3.63, 3.8) is 0 Å². The molecule has 0 aromatic rings. The lowest BCUT2D eigenvalue weighted by Gasteiger charge is -2.27. The van der Waals surface area contributed by atoms with E-state index >= 15 is 0 Å². The Bertz CT molecular complexity index is 173. The largest absolute Gasteiger partial charge is 0.350 e. The van der Waals surface area contributed by atoms with Gasteiger partial charge < -0.3 is 4.90 Å². The molecule has 70 valence electrons. The first-order valence-electron chi connectivity index (χ1n) is 4.60. The molecule has 0 heterocycles. The molecule has 0 aliphatic heterocycles. The standard InChI is InChI=1S/C11H21N/c1-7-11(6)12(10(4)5)8-9(2)3/h8,10H,6-7H2,1-5H3. The number of allylic oxidation sites excluding steroid dienone is 2. The van der Waals surface area contributed by atoms with Gasteiger partial charge in [-0.1, -0.05) is 19.1 Å². The van der Waals surface area contributed by atoms with Gasteiger partial charge in [-0.25, -0.2) is 0 Å². The summed E-state index contributed by atoms with van der Waals surface area (Å²) in [5, 5.41) is 0. The van der Waals surface area contributed by atoms with Gasteiger partial charge in [-0.05, 0) is 34.1 Å². The zero-order valence-electron chi connectivity index (χ0n) is 9.02. The Balaban J connectivity index is 4.45. The lowest BCUT2D eigenvalue weighted by atomic mass is 10.2. The molecule has 0 aliphatic carbocycles. The Hall–Kier alpha value is -0.720. The molecule has 0 unspecified atom stereocenters. The van der Waals surface area contributed by atoms with Gasteiger partial charge in [0.2, 0.25) is 0 Å². The molecule has 0 amide bonds. The maximum absolute atomic E-state index is 4.03. The highest BCUT2D eigenvalue weighted by atomic mass is 15.1. The quantitative estimate of drug-likeness (QED) is 0.619. The van der Waals surface area contributed by atoms with E-state index in [0.717, 1.165) is 6.42 Å². The lowest BCUT2D eigenvalue weighted by Crippen LogP contribution is -2.24. The van der Waals surface area contributed by atoms with E-state index in [0.29, 0.717) is 6.04 Å². The summed E-state index contributed by atoms with van der Waals surface area (Å²) < 4.78 is 0. The lowest BCUT2D eigenvalue weighted by molar-refractivity contribution is 0.373. The van der Waals surface area contributed by atoms with Crippen LogP contribution in [0.1, 0.15) is 41.0 Å². The fraction of sp³-hybridized carbons (Fsp3) is 0.636. The van der Waals surface area contributed by atoms with Crippen LogP contribution in [-0.2, 0) is 0 Å². The molecule has 0 aliphatic rings. The van der Waals surface area contributed by atoms with E-state index in [1.807, 2.05) is 0 Å². The minimum atomic E-state index is 0.507. The van der Waals surface area contributed by atoms with Gasteiger partial charge in [0.05, 0.1) is 0 Å². The van der Waals surface area contributed by atoms with Crippen molar-refractivity contribution in [2.75, 3.05) is 0 Å². The van der Waals surface area contributed by atoms with E-state index < -0.39 is 0 Å². The SMILES string of the molecule is C=C(CC)N(C=C(C)C)C(C)C. The van der Waals surface area contributed by atoms with E-state index in [4.69, 9.17) is 0 Å². The van der Waals surface area contributed by atoms with Crippen LogP contribution in [0.25, 0.3) is 0 Å². The van der Waals surface area contributed by atoms with Gasteiger partial charge in [-0.15, -0.1) is 0 Å². The van der Waals surface area contributed by atoms with E-state index in [2.05, 4.69) is 52.3 Å². The molecule has 1 nitrogen and oxygen atoms in total. The molecule has 0 saturated heterocycles. The van der Waals surface area contributed by atoms with E-state index in [1.165, 1.54) is 11.3 Å². The molecule has 0 aromatic carbocycles. The first kappa shape index (κ1) is 11.3. The molecule has 0 spiro atoms. The van der Waals surface area contributed by atoms with Crippen molar-refractivity contribution in [3.8, 4) is 0 Å². The van der Waals surface area contributed by atoms with Crippen molar-refractivity contribution in [1.29, 1.82) is 0 Å². The maximum atomic E-state index is 4.03. The molecule has 12 heavy (non-hydrogen) atoms. The predicted octanol–water partition coefficient (Wildman–Crippen LogP) is 3.54. The molecule has 0 fully saturated rings. The summed E-state index contributed by atoms with van der Waals surface area (Å²) in [6.45, 7) is 14.7. The molecule has 0 saturated carbocycles. The van der Waals surface area contributed by atoms with Crippen molar-refractivity contribution < 1.29 is 0 Å². The van der Waals surface area contributed by atoms with Gasteiger partial charge in [-0.3, -0.25) is 0 Å². The monoisotopic (exact) mass is 167 g/mol. The maximum Gasteiger partial charge on any atom is 0.0276 e. The Morgan fingerprint density at radius 3 is 2.17 bits per heavy atom. The highest BCUT2D eigenvalue weighted by Gasteiger charge is 2.06. The van der Waals surface area contributed by atoms with Gasteiger partial charge in [-0.2, -0.15) is 0 Å². The Labute approximate surface area is 76.8 Å². The van der Waals surface area contributed by atoms with Crippen LogP contribution in [0.4, 0.5) is 0 Å². The Morgan fingerprint density at radius 2 is 1.92 bits per heavy atom. The summed E-state index contributed by atoms with van der Waals surface area (Å²) in [5.41, 5.74) is 2.50. The minimum absolute atomic E-state index is 0.507. The van der Waals surface area contributed by atoms with Crippen LogP contribution in [0.5, 0.6) is 0 Å². The van der Waals surface area contributed by atoms with E-state index in [-0.39, 0.29) is 0 Å². The summed E-state index contributed by atoms with van der Waals surface area (Å²) in [4.78, 5) is 2.23. The van der Waals surface area contributed by atoms with E-state index in [9.17, 15) is 0 Å². The average molecular weight is 167 g/mol. The van der Waals surface area contributed by atoms with Crippen molar-refractivity contribution in [1.82, 2.24) is 4.90 Å². The first-order chi connectivity index (χ1) is 5.49. The van der Waals surface area contributed by atoms with Crippen LogP contribution in [-0.4, -0.2) is 10.9 Å². The average Bonchev–Trinajstić information content (AvgIpc) is 1.98. The summed E-state index contributed by atoms with van der Waals surface area (Å²) in [6.07, 6.45) is 3.18. The zero-order valence-corrected chi connectivity index (χ0v) is 9.02. The molecule has 1 heteroatoms. The molecule has 0 rings (SSSR count). The number of hydrogen-bond donors (Lipinski definition) is 0. The molecular weight excluding hydrogens is 146 g/mol. The summed E-state index contributed by atoms with van der Waals surface area (Å²) in [7, 11) is 0. The van der Waals surface area contributed by atoms with Crippen LogP contribution in [0.15, 0.2) is 24.0 Å². The molecule has 0 aromatic heterocycles. The Morgan fingerprint density at radius 1 is 1.42 bits per heavy atom. The van der Waals surface area contributed by atoms with Crippen LogP contribution < -0.4 is 0 Å². The third-order valence-corrected chi connectivity index (χ3v) is 1.73. The zero-order chi connectivity index (χ0) is 9.72. The van der Waals surface area contributed by atoms with Gasteiger partial charge in [0, 0.05) is 17.9 Å². The van der Waals surface area contributed by atoms with Crippen molar-refractivity contribution >= 4 is 0 Å². The highest BCUT2D eigenvalue weighted by molar-refractivity contribution is 5.05. The van der Waals surface area contributed by atoms with Gasteiger partial charge in [0.15, 0.2) is 0 Å². The molecule has 0 N–H and O–H groups in total. The van der Waals surface area contributed by atoms with Gasteiger partial charge in [0.1, 0.15) is 0 Å². The van der Waals surface area contributed by atoms with Crippen LogP contribution >= 0.6 is 0 Å². The van der Waals surface area contributed by atoms with Crippen molar-refractivity contribution in [2.45, 2.75) is 47.1 Å². The topological polar surface area (TPSA) is 3.24 Å². The molecule has 0 bridgehead atoms. The smallest absolute Gasteiger partial charge is 0.0276 e. The van der Waals surface area contributed by atoms with Gasteiger partial charge >= 0.3 is 0 Å². The fourth-order valence-electron chi connectivity index (χ4n) is 1.07. The third kappa shape index (κ3) is 3.61. The molecular formula is C11H21N. The molecule has 0 radical (unpaired) electrons. The second kappa shape index (κ2) is 5.02. The van der Waals surface area contributed by atoms with Crippen LogP contribution in [0.2, 0.25) is 0 Å². The summed E-state index contributed by atoms with van der Waals surface area (Å²) in [5.74, 6) is 0. The van der Waals surface area contributed by atoms with Crippen molar-refractivity contribution in [3.05, 3.63) is 24.0 Å². The van der Waals surface area contributed by atoms with Crippen molar-refractivity contribution in [2.24, 2.45) is 0 Å². The Kier molecular flexibility index (Phi) is 4.72.